The average Bonchev–Trinajstić information content (AvgIpc) is 2.97. The van der Waals surface area contributed by atoms with Gasteiger partial charge < -0.3 is 10.5 Å². The van der Waals surface area contributed by atoms with Crippen LogP contribution in [0.15, 0.2) is 41.3 Å². The van der Waals surface area contributed by atoms with E-state index in [1.807, 2.05) is 12.1 Å². The zero-order valence-electron chi connectivity index (χ0n) is 13.5. The summed E-state index contributed by atoms with van der Waals surface area (Å²) in [6.45, 7) is 0. The van der Waals surface area contributed by atoms with Crippen LogP contribution in [0, 0.1) is 10.1 Å². The molecule has 0 saturated carbocycles. The van der Waals surface area contributed by atoms with Gasteiger partial charge in [0.25, 0.3) is 5.69 Å². The number of nitro groups is 1. The van der Waals surface area contributed by atoms with Crippen LogP contribution >= 0.6 is 34.7 Å². The molecule has 3 rings (SSSR count). The molecule has 26 heavy (non-hydrogen) atoms. The number of nitrogens with two attached hydrogens (primary N) is 1. The molecule has 6 nitrogen and oxygen atoms in total. The molecule has 9 heteroatoms. The van der Waals surface area contributed by atoms with Crippen LogP contribution in [-0.2, 0) is 10.5 Å². The van der Waals surface area contributed by atoms with E-state index in [2.05, 4.69) is 0 Å². The molecule has 0 spiro atoms. The van der Waals surface area contributed by atoms with Crippen molar-refractivity contribution in [3.8, 4) is 0 Å². The van der Waals surface area contributed by atoms with E-state index in [9.17, 15) is 14.9 Å². The van der Waals surface area contributed by atoms with Crippen LogP contribution in [0.3, 0.4) is 0 Å². The monoisotopic (exact) mass is 408 g/mol. The lowest BCUT2D eigenvalue weighted by atomic mass is 10.2. The number of anilines is 1. The van der Waals surface area contributed by atoms with Crippen molar-refractivity contribution in [2.24, 2.45) is 0 Å². The fourth-order valence-corrected chi connectivity index (χ4v) is 4.78. The molecule has 1 aromatic heterocycles. The molecule has 0 aliphatic heterocycles. The number of fused-ring (bicyclic) bond motifs is 1. The van der Waals surface area contributed by atoms with Gasteiger partial charge in [-0.3, -0.25) is 10.1 Å². The Kier molecular flexibility index (Phi) is 5.36. The van der Waals surface area contributed by atoms with Gasteiger partial charge in [0.05, 0.1) is 17.7 Å². The number of nitrogens with zero attached hydrogens (tertiary/aromatic N) is 1. The van der Waals surface area contributed by atoms with Crippen LogP contribution in [0.25, 0.3) is 10.1 Å². The van der Waals surface area contributed by atoms with Crippen molar-refractivity contribution in [2.45, 2.75) is 10.6 Å². The Morgan fingerprint density at radius 1 is 1.35 bits per heavy atom. The second kappa shape index (κ2) is 7.53. The van der Waals surface area contributed by atoms with Crippen molar-refractivity contribution in [2.75, 3.05) is 12.8 Å². The number of benzene rings is 2. The van der Waals surface area contributed by atoms with E-state index in [0.29, 0.717) is 25.8 Å². The third-order valence-corrected chi connectivity index (χ3v) is 6.16. The van der Waals surface area contributed by atoms with Crippen molar-refractivity contribution < 1.29 is 14.5 Å². The SMILES string of the molecule is COC(=O)c1sc2cc([N+](=O)[O-])cc(SCc3ccc(Cl)cc3)c2c1N. The number of esters is 1. The van der Waals surface area contributed by atoms with Gasteiger partial charge in [0.1, 0.15) is 4.88 Å². The molecule has 0 aliphatic carbocycles. The lowest BCUT2D eigenvalue weighted by Gasteiger charge is -2.06. The van der Waals surface area contributed by atoms with Gasteiger partial charge in [-0.1, -0.05) is 23.7 Å². The van der Waals surface area contributed by atoms with Crippen molar-refractivity contribution in [3.05, 3.63) is 62.0 Å². The number of nitro benzene ring substituents is 1. The molecular formula is C17H13ClN2O4S2. The van der Waals surface area contributed by atoms with E-state index >= 15 is 0 Å². The van der Waals surface area contributed by atoms with Crippen LogP contribution < -0.4 is 5.73 Å². The highest BCUT2D eigenvalue weighted by Gasteiger charge is 2.22. The third kappa shape index (κ3) is 3.62. The van der Waals surface area contributed by atoms with Gasteiger partial charge >= 0.3 is 5.97 Å². The number of thioether (sulfide) groups is 1. The number of nitrogen functional groups attached to an aromatic ring is 1. The highest BCUT2D eigenvalue weighted by atomic mass is 35.5. The van der Waals surface area contributed by atoms with Crippen LogP contribution in [0.4, 0.5) is 11.4 Å². The molecule has 3 aromatic rings. The first kappa shape index (κ1) is 18.5. The number of carbonyl (C=O) groups excluding carboxylic acids is 1. The maximum atomic E-state index is 11.9. The van der Waals surface area contributed by atoms with E-state index < -0.39 is 10.9 Å². The Morgan fingerprint density at radius 3 is 2.65 bits per heavy atom. The lowest BCUT2D eigenvalue weighted by molar-refractivity contribution is -0.384. The van der Waals surface area contributed by atoms with Crippen LogP contribution in [0.2, 0.25) is 5.02 Å². The third-order valence-electron chi connectivity index (χ3n) is 3.67. The number of rotatable bonds is 5. The predicted molar refractivity (Wildman–Crippen MR) is 105 cm³/mol. The molecule has 0 bridgehead atoms. The number of hydrogen-bond donors (Lipinski definition) is 1. The summed E-state index contributed by atoms with van der Waals surface area (Å²) >= 11 is 8.39. The van der Waals surface area contributed by atoms with Gasteiger partial charge in [-0.2, -0.15) is 0 Å². The maximum Gasteiger partial charge on any atom is 0.350 e. The summed E-state index contributed by atoms with van der Waals surface area (Å²) in [6.07, 6.45) is 0. The molecular weight excluding hydrogens is 396 g/mol. The summed E-state index contributed by atoms with van der Waals surface area (Å²) in [6, 6.07) is 10.3. The van der Waals surface area contributed by atoms with Gasteiger partial charge in [0.2, 0.25) is 0 Å². The summed E-state index contributed by atoms with van der Waals surface area (Å²) in [5, 5.41) is 12.5. The number of halogens is 1. The number of non-ortho nitro benzene ring substituents is 1. The van der Waals surface area contributed by atoms with Gasteiger partial charge in [0.15, 0.2) is 0 Å². The molecule has 0 aliphatic rings. The van der Waals surface area contributed by atoms with E-state index in [1.54, 1.807) is 12.1 Å². The van der Waals surface area contributed by atoms with Gasteiger partial charge in [0, 0.05) is 37.9 Å². The maximum absolute atomic E-state index is 11.9. The zero-order valence-corrected chi connectivity index (χ0v) is 15.9. The van der Waals surface area contributed by atoms with Crippen molar-refractivity contribution in [1.82, 2.24) is 0 Å². The number of ether oxygens (including phenoxy) is 1. The molecule has 0 unspecified atom stereocenters. The molecule has 0 radical (unpaired) electrons. The topological polar surface area (TPSA) is 95.5 Å². The van der Waals surface area contributed by atoms with Crippen molar-refractivity contribution in [1.29, 1.82) is 0 Å². The fourth-order valence-electron chi connectivity index (χ4n) is 2.41. The van der Waals surface area contributed by atoms with E-state index in [0.717, 1.165) is 16.9 Å². The Labute approximate surface area is 162 Å². The van der Waals surface area contributed by atoms with Crippen molar-refractivity contribution in [3.63, 3.8) is 0 Å². The van der Waals surface area contributed by atoms with Crippen LogP contribution in [-0.4, -0.2) is 18.0 Å². The fraction of sp³-hybridized carbons (Fsp3) is 0.118. The van der Waals surface area contributed by atoms with E-state index in [4.69, 9.17) is 22.1 Å². The Bertz CT molecular complexity index is 1000. The van der Waals surface area contributed by atoms with E-state index in [-0.39, 0.29) is 16.3 Å². The minimum absolute atomic E-state index is 0.0474. The summed E-state index contributed by atoms with van der Waals surface area (Å²) in [7, 11) is 1.27. The number of carbonyl (C=O) groups is 1. The quantitative estimate of drug-likeness (QED) is 0.272. The largest absolute Gasteiger partial charge is 0.465 e. The normalized spacial score (nSPS) is 10.8. The summed E-state index contributed by atoms with van der Waals surface area (Å²) in [4.78, 5) is 23.6. The van der Waals surface area contributed by atoms with Gasteiger partial charge in [-0.05, 0) is 17.7 Å². The molecule has 0 atom stereocenters. The van der Waals surface area contributed by atoms with Crippen LogP contribution in [0.5, 0.6) is 0 Å². The first-order valence-electron chi connectivity index (χ1n) is 7.36. The van der Waals surface area contributed by atoms with Gasteiger partial charge in [-0.25, -0.2) is 4.79 Å². The molecule has 2 aromatic carbocycles. The molecule has 2 N–H and O–H groups in total. The molecule has 0 fully saturated rings. The first-order valence-corrected chi connectivity index (χ1v) is 9.54. The highest BCUT2D eigenvalue weighted by Crippen LogP contribution is 2.43. The Morgan fingerprint density at radius 2 is 2.04 bits per heavy atom. The highest BCUT2D eigenvalue weighted by molar-refractivity contribution is 7.98. The minimum atomic E-state index is -0.556. The lowest BCUT2D eigenvalue weighted by Crippen LogP contribution is -2.01. The Hall–Kier alpha value is -2.29. The average molecular weight is 409 g/mol. The number of thiophene rings is 1. The number of methoxy groups -OCH3 is 1. The molecule has 134 valence electrons. The summed E-state index contributed by atoms with van der Waals surface area (Å²) in [5.74, 6) is 0.0241. The number of hydrogen-bond acceptors (Lipinski definition) is 7. The second-order valence-corrected chi connectivity index (χ2v) is 7.83. The molecule has 0 amide bonds. The van der Waals surface area contributed by atoms with E-state index in [1.165, 1.54) is 31.0 Å². The molecule has 1 heterocycles. The first-order chi connectivity index (χ1) is 12.4. The second-order valence-electron chi connectivity index (χ2n) is 5.33. The van der Waals surface area contributed by atoms with Crippen molar-refractivity contribution >= 4 is 62.1 Å². The minimum Gasteiger partial charge on any atom is -0.465 e. The standard InChI is InChI=1S/C17H13ClN2O4S2/c1-24-17(21)16-15(19)14-12(6-11(20(22)23)7-13(14)26-16)25-8-9-2-4-10(18)5-3-9/h2-7H,8,19H2,1H3. The predicted octanol–water partition coefficient (Wildman–Crippen LogP) is 5.12. The molecule has 0 saturated heterocycles. The Balaban J connectivity index is 2.06. The summed E-state index contributed by atoms with van der Waals surface area (Å²) in [5.41, 5.74) is 7.39. The van der Waals surface area contributed by atoms with Crippen LogP contribution in [0.1, 0.15) is 15.2 Å². The zero-order chi connectivity index (χ0) is 18.8. The van der Waals surface area contributed by atoms with Gasteiger partial charge in [-0.15, -0.1) is 23.1 Å². The summed E-state index contributed by atoms with van der Waals surface area (Å²) < 4.78 is 5.32. The smallest absolute Gasteiger partial charge is 0.350 e.